The van der Waals surface area contributed by atoms with E-state index in [9.17, 15) is 0 Å². The molecule has 0 aromatic carbocycles. The second-order valence-electron chi connectivity index (χ2n) is 3.80. The van der Waals surface area contributed by atoms with E-state index in [-0.39, 0.29) is 0 Å². The van der Waals surface area contributed by atoms with Crippen LogP contribution in [-0.4, -0.2) is 30.0 Å². The minimum atomic E-state index is 0.500. The van der Waals surface area contributed by atoms with E-state index in [1.165, 1.54) is 11.3 Å². The predicted octanol–water partition coefficient (Wildman–Crippen LogP) is 0.643. The van der Waals surface area contributed by atoms with Crippen molar-refractivity contribution in [3.63, 3.8) is 0 Å². The van der Waals surface area contributed by atoms with Crippen LogP contribution in [0.3, 0.4) is 0 Å². The van der Waals surface area contributed by atoms with Crippen LogP contribution in [0, 0.1) is 0 Å². The Morgan fingerprint density at radius 2 is 2.57 bits per heavy atom. The first kappa shape index (κ1) is 9.68. The molecule has 0 aliphatic carbocycles. The van der Waals surface area contributed by atoms with Crippen molar-refractivity contribution >= 4 is 0 Å². The van der Waals surface area contributed by atoms with E-state index in [1.54, 1.807) is 0 Å². The number of rotatable bonds is 3. The highest BCUT2D eigenvalue weighted by molar-refractivity contribution is 5.21. The van der Waals surface area contributed by atoms with Crippen LogP contribution in [0.5, 0.6) is 0 Å². The standard InChI is InChI=1S/C10H17N3O/c1-11-5-9-6-13(2)12-10(9)8-3-4-14-7-8/h6,8,11H,3-5,7H2,1-2H3. The lowest BCUT2D eigenvalue weighted by molar-refractivity contribution is 0.193. The SMILES string of the molecule is CNCc1cn(C)nc1C1CCOC1. The van der Waals surface area contributed by atoms with Gasteiger partial charge in [0.1, 0.15) is 0 Å². The van der Waals surface area contributed by atoms with Crippen molar-refractivity contribution in [1.82, 2.24) is 15.1 Å². The van der Waals surface area contributed by atoms with Crippen molar-refractivity contribution in [1.29, 1.82) is 0 Å². The lowest BCUT2D eigenvalue weighted by atomic mass is 10.0. The molecule has 1 atom stereocenters. The molecule has 2 rings (SSSR count). The molecule has 1 N–H and O–H groups in total. The maximum absolute atomic E-state index is 5.38. The summed E-state index contributed by atoms with van der Waals surface area (Å²) < 4.78 is 7.27. The fourth-order valence-corrected chi connectivity index (χ4v) is 1.98. The lowest BCUT2D eigenvalue weighted by Crippen LogP contribution is -2.09. The minimum absolute atomic E-state index is 0.500. The smallest absolute Gasteiger partial charge is 0.0724 e. The Balaban J connectivity index is 2.21. The molecule has 14 heavy (non-hydrogen) atoms. The second kappa shape index (κ2) is 4.11. The molecule has 0 saturated carbocycles. The molecule has 1 fully saturated rings. The van der Waals surface area contributed by atoms with Crippen LogP contribution in [0.4, 0.5) is 0 Å². The van der Waals surface area contributed by atoms with Gasteiger partial charge in [-0.15, -0.1) is 0 Å². The summed E-state index contributed by atoms with van der Waals surface area (Å²) in [7, 11) is 3.93. The molecule has 0 spiro atoms. The summed E-state index contributed by atoms with van der Waals surface area (Å²) in [6.07, 6.45) is 3.19. The van der Waals surface area contributed by atoms with Gasteiger partial charge in [0.2, 0.25) is 0 Å². The summed E-state index contributed by atoms with van der Waals surface area (Å²) in [5.74, 6) is 0.500. The molecule has 1 aromatic rings. The summed E-state index contributed by atoms with van der Waals surface area (Å²) >= 11 is 0. The highest BCUT2D eigenvalue weighted by Crippen LogP contribution is 2.26. The zero-order valence-corrected chi connectivity index (χ0v) is 8.79. The van der Waals surface area contributed by atoms with E-state index in [1.807, 2.05) is 18.8 Å². The quantitative estimate of drug-likeness (QED) is 0.769. The molecule has 1 aliphatic rings. The zero-order valence-electron chi connectivity index (χ0n) is 8.79. The van der Waals surface area contributed by atoms with Crippen LogP contribution in [0.1, 0.15) is 23.6 Å². The van der Waals surface area contributed by atoms with Crippen LogP contribution in [0.25, 0.3) is 0 Å². The number of hydrogen-bond donors (Lipinski definition) is 1. The molecule has 4 nitrogen and oxygen atoms in total. The maximum atomic E-state index is 5.38. The summed E-state index contributed by atoms with van der Waals surface area (Å²) in [5.41, 5.74) is 2.50. The normalized spacial score (nSPS) is 21.7. The van der Waals surface area contributed by atoms with Gasteiger partial charge < -0.3 is 10.1 Å². The van der Waals surface area contributed by atoms with Gasteiger partial charge in [-0.1, -0.05) is 0 Å². The minimum Gasteiger partial charge on any atom is -0.381 e. The monoisotopic (exact) mass is 195 g/mol. The van der Waals surface area contributed by atoms with Gasteiger partial charge in [-0.25, -0.2) is 0 Å². The van der Waals surface area contributed by atoms with Crippen molar-refractivity contribution < 1.29 is 4.74 Å². The molecule has 1 unspecified atom stereocenters. The molecule has 1 aromatic heterocycles. The van der Waals surface area contributed by atoms with Crippen molar-refractivity contribution in [2.45, 2.75) is 18.9 Å². The maximum Gasteiger partial charge on any atom is 0.0724 e. The van der Waals surface area contributed by atoms with E-state index in [0.29, 0.717) is 5.92 Å². The van der Waals surface area contributed by atoms with E-state index in [0.717, 1.165) is 26.2 Å². The van der Waals surface area contributed by atoms with E-state index >= 15 is 0 Å². The highest BCUT2D eigenvalue weighted by atomic mass is 16.5. The first-order valence-corrected chi connectivity index (χ1v) is 5.06. The number of nitrogens with zero attached hydrogens (tertiary/aromatic N) is 2. The lowest BCUT2D eigenvalue weighted by Gasteiger charge is -2.06. The number of aromatic nitrogens is 2. The van der Waals surface area contributed by atoms with E-state index in [2.05, 4.69) is 16.6 Å². The highest BCUT2D eigenvalue weighted by Gasteiger charge is 2.23. The number of nitrogens with one attached hydrogen (secondary N) is 1. The average Bonchev–Trinajstić information content (AvgIpc) is 2.74. The Morgan fingerprint density at radius 1 is 1.71 bits per heavy atom. The molecule has 0 amide bonds. The van der Waals surface area contributed by atoms with Gasteiger partial charge in [-0.3, -0.25) is 4.68 Å². The van der Waals surface area contributed by atoms with Gasteiger partial charge in [-0.2, -0.15) is 5.10 Å². The van der Waals surface area contributed by atoms with Crippen molar-refractivity contribution in [3.05, 3.63) is 17.5 Å². The van der Waals surface area contributed by atoms with Gasteiger partial charge in [0.15, 0.2) is 0 Å². The van der Waals surface area contributed by atoms with Crippen LogP contribution in [0.15, 0.2) is 6.20 Å². The van der Waals surface area contributed by atoms with Crippen LogP contribution in [-0.2, 0) is 18.3 Å². The van der Waals surface area contributed by atoms with Crippen molar-refractivity contribution in [2.75, 3.05) is 20.3 Å². The zero-order chi connectivity index (χ0) is 9.97. The fourth-order valence-electron chi connectivity index (χ4n) is 1.98. The third-order valence-electron chi connectivity index (χ3n) is 2.62. The van der Waals surface area contributed by atoms with Gasteiger partial charge in [0.25, 0.3) is 0 Å². The second-order valence-corrected chi connectivity index (χ2v) is 3.80. The van der Waals surface area contributed by atoms with Crippen molar-refractivity contribution in [3.8, 4) is 0 Å². The van der Waals surface area contributed by atoms with Gasteiger partial charge in [0, 0.05) is 37.9 Å². The molecule has 0 radical (unpaired) electrons. The van der Waals surface area contributed by atoms with Crippen LogP contribution < -0.4 is 5.32 Å². The van der Waals surface area contributed by atoms with Crippen LogP contribution in [0.2, 0.25) is 0 Å². The fraction of sp³-hybridized carbons (Fsp3) is 0.700. The Hall–Kier alpha value is -0.870. The summed E-state index contributed by atoms with van der Waals surface area (Å²) in [5, 5.41) is 7.67. The molecule has 0 bridgehead atoms. The molecular formula is C10H17N3O. The largest absolute Gasteiger partial charge is 0.381 e. The van der Waals surface area contributed by atoms with Crippen molar-refractivity contribution in [2.24, 2.45) is 7.05 Å². The average molecular weight is 195 g/mol. The topological polar surface area (TPSA) is 39.1 Å². The molecule has 1 aliphatic heterocycles. The Bertz CT molecular complexity index is 302. The van der Waals surface area contributed by atoms with Gasteiger partial charge in [0.05, 0.1) is 12.3 Å². The summed E-state index contributed by atoms with van der Waals surface area (Å²) in [6.45, 7) is 2.59. The number of hydrogen-bond acceptors (Lipinski definition) is 3. The van der Waals surface area contributed by atoms with Gasteiger partial charge in [-0.05, 0) is 13.5 Å². The Labute approximate surface area is 84.3 Å². The third-order valence-corrected chi connectivity index (χ3v) is 2.62. The van der Waals surface area contributed by atoms with E-state index < -0.39 is 0 Å². The number of aryl methyl sites for hydroxylation is 1. The first-order chi connectivity index (χ1) is 6.81. The Kier molecular flexibility index (Phi) is 2.84. The van der Waals surface area contributed by atoms with Gasteiger partial charge >= 0.3 is 0 Å². The van der Waals surface area contributed by atoms with Crippen LogP contribution >= 0.6 is 0 Å². The first-order valence-electron chi connectivity index (χ1n) is 5.06. The number of ether oxygens (including phenoxy) is 1. The van der Waals surface area contributed by atoms with E-state index in [4.69, 9.17) is 4.74 Å². The predicted molar refractivity (Wildman–Crippen MR) is 54.1 cm³/mol. The third kappa shape index (κ3) is 1.81. The molecular weight excluding hydrogens is 178 g/mol. The Morgan fingerprint density at radius 3 is 3.21 bits per heavy atom. The molecule has 1 saturated heterocycles. The molecule has 78 valence electrons. The molecule has 4 heteroatoms. The summed E-state index contributed by atoms with van der Waals surface area (Å²) in [4.78, 5) is 0. The summed E-state index contributed by atoms with van der Waals surface area (Å²) in [6, 6.07) is 0. The molecule has 2 heterocycles.